The molecule has 2 aromatic rings. The van der Waals surface area contributed by atoms with Crippen LogP contribution in [0.5, 0.6) is 11.6 Å². The minimum absolute atomic E-state index is 0.127. The van der Waals surface area contributed by atoms with Crippen molar-refractivity contribution in [2.75, 3.05) is 19.1 Å². The minimum Gasteiger partial charge on any atom is -0.497 e. The van der Waals surface area contributed by atoms with E-state index < -0.39 is 17.6 Å². The van der Waals surface area contributed by atoms with E-state index in [4.69, 9.17) is 9.47 Å². The fourth-order valence-electron chi connectivity index (χ4n) is 3.08. The summed E-state index contributed by atoms with van der Waals surface area (Å²) in [5.41, 5.74) is -0.256. The van der Waals surface area contributed by atoms with Crippen molar-refractivity contribution in [2.24, 2.45) is 0 Å². The zero-order valence-electron chi connectivity index (χ0n) is 15.3. The third-order valence-corrected chi connectivity index (χ3v) is 4.62. The third-order valence-electron chi connectivity index (χ3n) is 4.62. The van der Waals surface area contributed by atoms with E-state index in [1.165, 1.54) is 0 Å². The van der Waals surface area contributed by atoms with Crippen LogP contribution in [0.2, 0.25) is 0 Å². The van der Waals surface area contributed by atoms with Crippen LogP contribution in [0, 0.1) is 0 Å². The molecule has 27 heavy (non-hydrogen) atoms. The van der Waals surface area contributed by atoms with E-state index in [2.05, 4.69) is 9.97 Å². The molecule has 1 aliphatic carbocycles. The van der Waals surface area contributed by atoms with Crippen molar-refractivity contribution in [3.05, 3.63) is 36.0 Å². The summed E-state index contributed by atoms with van der Waals surface area (Å²) in [4.78, 5) is 9.60. The molecule has 1 heterocycles. The number of benzene rings is 1. The van der Waals surface area contributed by atoms with Gasteiger partial charge in [0.2, 0.25) is 11.8 Å². The first kappa shape index (κ1) is 19.3. The van der Waals surface area contributed by atoms with Crippen molar-refractivity contribution in [1.82, 2.24) is 9.97 Å². The van der Waals surface area contributed by atoms with Crippen molar-refractivity contribution in [1.29, 1.82) is 0 Å². The lowest BCUT2D eigenvalue weighted by Crippen LogP contribution is -2.23. The van der Waals surface area contributed by atoms with Gasteiger partial charge in [0.1, 0.15) is 17.4 Å². The van der Waals surface area contributed by atoms with Crippen molar-refractivity contribution >= 4 is 11.6 Å². The van der Waals surface area contributed by atoms with Crippen LogP contribution in [0.15, 0.2) is 30.5 Å². The van der Waals surface area contributed by atoms with Gasteiger partial charge in [0, 0.05) is 25.0 Å². The number of rotatable bonds is 5. The van der Waals surface area contributed by atoms with Crippen molar-refractivity contribution in [3.8, 4) is 11.6 Å². The highest BCUT2D eigenvalue weighted by atomic mass is 19.4. The molecule has 0 atom stereocenters. The number of hydrogen-bond acceptors (Lipinski definition) is 5. The minimum atomic E-state index is -4.57. The molecule has 0 radical (unpaired) electrons. The van der Waals surface area contributed by atoms with Crippen molar-refractivity contribution < 1.29 is 22.6 Å². The monoisotopic (exact) mass is 381 g/mol. The Labute approximate surface area is 156 Å². The van der Waals surface area contributed by atoms with Crippen LogP contribution in [0.25, 0.3) is 0 Å². The average Bonchev–Trinajstić information content (AvgIpc) is 2.67. The SMILES string of the molecule is COc1cccc(N(C)c2ncc(C(F)(F)F)c(OC3CCCCC3)n2)c1. The maximum Gasteiger partial charge on any atom is 0.423 e. The Morgan fingerprint density at radius 1 is 1.15 bits per heavy atom. The highest BCUT2D eigenvalue weighted by Gasteiger charge is 2.37. The molecule has 8 heteroatoms. The van der Waals surface area contributed by atoms with Gasteiger partial charge in [-0.25, -0.2) is 4.98 Å². The summed E-state index contributed by atoms with van der Waals surface area (Å²) < 4.78 is 51.0. The second kappa shape index (κ2) is 8.02. The number of aromatic nitrogens is 2. The van der Waals surface area contributed by atoms with Gasteiger partial charge in [-0.3, -0.25) is 0 Å². The molecule has 5 nitrogen and oxygen atoms in total. The van der Waals surface area contributed by atoms with Crippen molar-refractivity contribution in [3.63, 3.8) is 0 Å². The number of halogens is 3. The molecule has 1 saturated carbocycles. The Morgan fingerprint density at radius 2 is 1.89 bits per heavy atom. The number of anilines is 2. The predicted molar refractivity (Wildman–Crippen MR) is 95.6 cm³/mol. The lowest BCUT2D eigenvalue weighted by Gasteiger charge is -2.25. The Morgan fingerprint density at radius 3 is 2.56 bits per heavy atom. The highest BCUT2D eigenvalue weighted by molar-refractivity contribution is 5.59. The first-order valence-corrected chi connectivity index (χ1v) is 8.87. The fraction of sp³-hybridized carbons (Fsp3) is 0.474. The molecule has 0 aliphatic heterocycles. The molecular formula is C19H22F3N3O2. The maximum absolute atomic E-state index is 13.4. The summed E-state index contributed by atoms with van der Waals surface area (Å²) in [6.07, 6.45) is 0.435. The molecule has 0 bridgehead atoms. The Balaban J connectivity index is 1.92. The van der Waals surface area contributed by atoms with Crippen LogP contribution in [0.1, 0.15) is 37.7 Å². The van der Waals surface area contributed by atoms with Gasteiger partial charge in [-0.05, 0) is 37.8 Å². The van der Waals surface area contributed by atoms with Gasteiger partial charge in [0.25, 0.3) is 0 Å². The van der Waals surface area contributed by atoms with Gasteiger partial charge in [-0.15, -0.1) is 0 Å². The van der Waals surface area contributed by atoms with Gasteiger partial charge in [-0.1, -0.05) is 12.5 Å². The molecule has 3 rings (SSSR count). The van der Waals surface area contributed by atoms with Crippen LogP contribution >= 0.6 is 0 Å². The molecule has 0 spiro atoms. The molecule has 0 saturated heterocycles. The van der Waals surface area contributed by atoms with E-state index in [1.807, 2.05) is 0 Å². The predicted octanol–water partition coefficient (Wildman–Crippen LogP) is 4.98. The second-order valence-electron chi connectivity index (χ2n) is 6.52. The molecule has 1 aromatic heterocycles. The average molecular weight is 381 g/mol. The highest BCUT2D eigenvalue weighted by Crippen LogP contribution is 2.37. The summed E-state index contributed by atoms with van der Waals surface area (Å²) in [5.74, 6) is 0.348. The van der Waals surface area contributed by atoms with E-state index in [9.17, 15) is 13.2 Å². The zero-order valence-corrected chi connectivity index (χ0v) is 15.3. The number of nitrogens with zero attached hydrogens (tertiary/aromatic N) is 3. The topological polar surface area (TPSA) is 47.5 Å². The molecule has 146 valence electrons. The maximum atomic E-state index is 13.4. The van der Waals surface area contributed by atoms with Crippen LogP contribution in [0.4, 0.5) is 24.8 Å². The molecule has 1 aliphatic rings. The Hall–Kier alpha value is -2.51. The van der Waals surface area contributed by atoms with Crippen LogP contribution in [-0.4, -0.2) is 30.2 Å². The Kier molecular flexibility index (Phi) is 5.72. The molecule has 0 N–H and O–H groups in total. The number of ether oxygens (including phenoxy) is 2. The Bertz CT molecular complexity index is 777. The first-order chi connectivity index (χ1) is 12.9. The summed E-state index contributed by atoms with van der Waals surface area (Å²) in [6.45, 7) is 0. The van der Waals surface area contributed by atoms with Gasteiger partial charge >= 0.3 is 6.18 Å². The normalized spacial score (nSPS) is 15.4. The summed E-state index contributed by atoms with van der Waals surface area (Å²) in [6, 6.07) is 7.12. The number of alkyl halides is 3. The van der Waals surface area contributed by atoms with Gasteiger partial charge in [0.05, 0.1) is 7.11 Å². The quantitative estimate of drug-likeness (QED) is 0.731. The number of hydrogen-bond donors (Lipinski definition) is 0. The fourth-order valence-corrected chi connectivity index (χ4v) is 3.08. The lowest BCUT2D eigenvalue weighted by atomic mass is 9.98. The second-order valence-corrected chi connectivity index (χ2v) is 6.52. The lowest BCUT2D eigenvalue weighted by molar-refractivity contribution is -0.140. The summed E-state index contributed by atoms with van der Waals surface area (Å²) in [7, 11) is 3.23. The van der Waals surface area contributed by atoms with Crippen LogP contribution < -0.4 is 14.4 Å². The number of methoxy groups -OCH3 is 1. The molecule has 0 unspecified atom stereocenters. The molecular weight excluding hydrogens is 359 g/mol. The molecule has 1 fully saturated rings. The van der Waals surface area contributed by atoms with E-state index in [1.54, 1.807) is 43.3 Å². The van der Waals surface area contributed by atoms with Gasteiger partial charge in [0.15, 0.2) is 0 Å². The first-order valence-electron chi connectivity index (χ1n) is 8.87. The summed E-state index contributed by atoms with van der Waals surface area (Å²) in [5, 5.41) is 0. The third kappa shape index (κ3) is 4.61. The van der Waals surface area contributed by atoms with Crippen LogP contribution in [0.3, 0.4) is 0 Å². The van der Waals surface area contributed by atoms with Gasteiger partial charge < -0.3 is 14.4 Å². The van der Waals surface area contributed by atoms with Crippen LogP contribution in [-0.2, 0) is 6.18 Å². The van der Waals surface area contributed by atoms with E-state index in [-0.39, 0.29) is 12.1 Å². The zero-order chi connectivity index (χ0) is 19.4. The van der Waals surface area contributed by atoms with Gasteiger partial charge in [-0.2, -0.15) is 18.2 Å². The van der Waals surface area contributed by atoms with E-state index >= 15 is 0 Å². The standard InChI is InChI=1S/C19H22F3N3O2/c1-25(13-7-6-10-15(11-13)26-2)18-23-12-16(19(20,21)22)17(24-18)27-14-8-4-3-5-9-14/h6-7,10-12,14H,3-5,8-9H2,1-2H3. The van der Waals surface area contributed by atoms with E-state index in [0.29, 0.717) is 11.4 Å². The molecule has 0 amide bonds. The smallest absolute Gasteiger partial charge is 0.423 e. The van der Waals surface area contributed by atoms with Crippen molar-refractivity contribution in [2.45, 2.75) is 44.4 Å². The molecule has 1 aromatic carbocycles. The van der Waals surface area contributed by atoms with E-state index in [0.717, 1.165) is 38.3 Å². The summed E-state index contributed by atoms with van der Waals surface area (Å²) >= 11 is 0. The largest absolute Gasteiger partial charge is 0.497 e.